The largest absolute Gasteiger partial charge is 0.476 e. The molecule has 4 rings (SSSR count). The van der Waals surface area contributed by atoms with Gasteiger partial charge < -0.3 is 25.0 Å². The highest BCUT2D eigenvalue weighted by Crippen LogP contribution is 2.30. The molecule has 0 bridgehead atoms. The molecule has 11 heteroatoms. The fourth-order valence-corrected chi connectivity index (χ4v) is 3.63. The number of hydrogen-bond donors (Lipinski definition) is 3. The Hall–Kier alpha value is -3.18. The summed E-state index contributed by atoms with van der Waals surface area (Å²) in [5.74, 6) is 2.99. The van der Waals surface area contributed by atoms with Crippen LogP contribution in [0.15, 0.2) is 16.7 Å². The molecular formula is C23H34N8O3. The maximum absolute atomic E-state index is 6.13. The third-order valence-corrected chi connectivity index (χ3v) is 5.72. The number of aromatic nitrogens is 5. The zero-order valence-corrected chi connectivity index (χ0v) is 20.3. The molecule has 0 atom stereocenters. The summed E-state index contributed by atoms with van der Waals surface area (Å²) in [5, 5.41) is 14.9. The van der Waals surface area contributed by atoms with Gasteiger partial charge in [0, 0.05) is 43.9 Å². The van der Waals surface area contributed by atoms with E-state index in [1.165, 1.54) is 0 Å². The molecule has 0 unspecified atom stereocenters. The van der Waals surface area contributed by atoms with Crippen molar-refractivity contribution in [3.8, 4) is 5.88 Å². The first-order valence-electron chi connectivity index (χ1n) is 11.8. The Balaban J connectivity index is 1.59. The van der Waals surface area contributed by atoms with Gasteiger partial charge in [-0.05, 0) is 11.8 Å². The maximum atomic E-state index is 6.13. The Morgan fingerprint density at radius 1 is 1.15 bits per heavy atom. The van der Waals surface area contributed by atoms with Crippen LogP contribution in [-0.2, 0) is 11.2 Å². The van der Waals surface area contributed by atoms with Crippen LogP contribution >= 0.6 is 0 Å². The van der Waals surface area contributed by atoms with Gasteiger partial charge in [0.25, 0.3) is 0 Å². The molecule has 3 aromatic heterocycles. The van der Waals surface area contributed by atoms with Gasteiger partial charge in [-0.25, -0.2) is 0 Å². The van der Waals surface area contributed by atoms with E-state index in [-0.39, 0.29) is 11.9 Å². The minimum atomic E-state index is 0.118. The quantitative estimate of drug-likeness (QED) is 0.405. The van der Waals surface area contributed by atoms with Gasteiger partial charge in [0.05, 0.1) is 24.5 Å². The summed E-state index contributed by atoms with van der Waals surface area (Å²) in [6.07, 6.45) is 0.399. The van der Waals surface area contributed by atoms with Crippen molar-refractivity contribution >= 4 is 17.6 Å². The minimum absolute atomic E-state index is 0.118. The number of hydrogen-bond acceptors (Lipinski definition) is 10. The van der Waals surface area contributed by atoms with E-state index in [2.05, 4.69) is 63.2 Å². The van der Waals surface area contributed by atoms with Gasteiger partial charge in [-0.3, -0.25) is 10.00 Å². The van der Waals surface area contributed by atoms with Crippen molar-refractivity contribution in [2.24, 2.45) is 0 Å². The second-order valence-electron chi connectivity index (χ2n) is 9.05. The van der Waals surface area contributed by atoms with E-state index in [0.717, 1.165) is 49.8 Å². The van der Waals surface area contributed by atoms with Gasteiger partial charge >= 0.3 is 0 Å². The molecule has 1 saturated heterocycles. The van der Waals surface area contributed by atoms with E-state index in [9.17, 15) is 0 Å². The summed E-state index contributed by atoms with van der Waals surface area (Å²) in [7, 11) is 0. The molecule has 0 amide bonds. The fourth-order valence-electron chi connectivity index (χ4n) is 3.63. The van der Waals surface area contributed by atoms with Crippen LogP contribution in [0, 0.1) is 0 Å². The smallest absolute Gasteiger partial charge is 0.225 e. The first-order valence-corrected chi connectivity index (χ1v) is 11.8. The second-order valence-corrected chi connectivity index (χ2v) is 9.05. The number of rotatable bonds is 10. The predicted octanol–water partition coefficient (Wildman–Crippen LogP) is 3.06. The highest BCUT2D eigenvalue weighted by molar-refractivity contribution is 5.61. The highest BCUT2D eigenvalue weighted by atomic mass is 16.5. The zero-order chi connectivity index (χ0) is 24.1. The molecule has 0 spiro atoms. The molecule has 0 radical (unpaired) electrons. The normalized spacial score (nSPS) is 14.8. The van der Waals surface area contributed by atoms with Crippen LogP contribution in [0.5, 0.6) is 5.88 Å². The average molecular weight is 471 g/mol. The van der Waals surface area contributed by atoms with Crippen LogP contribution in [0.3, 0.4) is 0 Å². The Kier molecular flexibility index (Phi) is 7.63. The first-order chi connectivity index (χ1) is 16.4. The number of nitrogens with zero attached hydrogens (tertiary/aromatic N) is 5. The number of H-pyrrole nitrogens is 1. The Labute approximate surface area is 199 Å². The molecule has 11 nitrogen and oxygen atoms in total. The summed E-state index contributed by atoms with van der Waals surface area (Å²) in [6.45, 7) is 12.9. The van der Waals surface area contributed by atoms with Gasteiger partial charge in [0.2, 0.25) is 11.8 Å². The molecular weight excluding hydrogens is 436 g/mol. The number of morpholine rings is 1. The SMILES string of the molecule is CC(C)c1cc(Cc2c(Nc3cc(C(C)C)[nH]n3)nc(N)nc2OCCN2CCOCC2)on1. The predicted molar refractivity (Wildman–Crippen MR) is 129 cm³/mol. The van der Waals surface area contributed by atoms with Crippen molar-refractivity contribution in [3.63, 3.8) is 0 Å². The van der Waals surface area contributed by atoms with Crippen molar-refractivity contribution in [1.82, 2.24) is 30.2 Å². The highest BCUT2D eigenvalue weighted by Gasteiger charge is 2.20. The maximum Gasteiger partial charge on any atom is 0.225 e. The van der Waals surface area contributed by atoms with Gasteiger partial charge in [-0.1, -0.05) is 32.9 Å². The van der Waals surface area contributed by atoms with Crippen molar-refractivity contribution in [3.05, 3.63) is 34.8 Å². The fraction of sp³-hybridized carbons (Fsp3) is 0.565. The summed E-state index contributed by atoms with van der Waals surface area (Å²) in [5.41, 5.74) is 8.70. The molecule has 1 aliphatic rings. The van der Waals surface area contributed by atoms with E-state index in [1.807, 2.05) is 12.1 Å². The zero-order valence-electron chi connectivity index (χ0n) is 20.3. The Morgan fingerprint density at radius 3 is 2.62 bits per heavy atom. The summed E-state index contributed by atoms with van der Waals surface area (Å²) in [4.78, 5) is 11.2. The summed E-state index contributed by atoms with van der Waals surface area (Å²) >= 11 is 0. The van der Waals surface area contributed by atoms with Crippen molar-refractivity contribution < 1.29 is 14.0 Å². The molecule has 1 aliphatic heterocycles. The van der Waals surface area contributed by atoms with Crippen LogP contribution in [0.25, 0.3) is 0 Å². The lowest BCUT2D eigenvalue weighted by atomic mass is 10.1. The summed E-state index contributed by atoms with van der Waals surface area (Å²) < 4.78 is 17.1. The molecule has 184 valence electrons. The second kappa shape index (κ2) is 10.8. The van der Waals surface area contributed by atoms with E-state index in [1.54, 1.807) is 0 Å². The standard InChI is InChI=1S/C23H34N8O3/c1-14(2)18-13-20(29-28-18)25-21-17(11-16-12-19(15(3)4)30-34-16)22(27-23(24)26-21)33-10-7-31-5-8-32-9-6-31/h12-15H,5-11H2,1-4H3,(H4,24,25,26,27,28,29). The van der Waals surface area contributed by atoms with Gasteiger partial charge in [-0.2, -0.15) is 15.1 Å². The molecule has 3 aromatic rings. The lowest BCUT2D eigenvalue weighted by molar-refractivity contribution is 0.0319. The number of ether oxygens (including phenoxy) is 2. The van der Waals surface area contributed by atoms with E-state index in [0.29, 0.717) is 42.2 Å². The third-order valence-electron chi connectivity index (χ3n) is 5.72. The first kappa shape index (κ1) is 24.0. The van der Waals surface area contributed by atoms with Gasteiger partial charge in [-0.15, -0.1) is 0 Å². The van der Waals surface area contributed by atoms with Gasteiger partial charge in [0.1, 0.15) is 18.2 Å². The molecule has 4 N–H and O–H groups in total. The molecule has 34 heavy (non-hydrogen) atoms. The molecule has 4 heterocycles. The van der Waals surface area contributed by atoms with Gasteiger partial charge in [0.15, 0.2) is 5.82 Å². The van der Waals surface area contributed by atoms with Crippen molar-refractivity contribution in [2.75, 3.05) is 50.5 Å². The van der Waals surface area contributed by atoms with E-state index >= 15 is 0 Å². The van der Waals surface area contributed by atoms with Crippen LogP contribution < -0.4 is 15.8 Å². The monoisotopic (exact) mass is 470 g/mol. The van der Waals surface area contributed by atoms with Crippen LogP contribution in [0.2, 0.25) is 0 Å². The number of nitrogens with two attached hydrogens (primary N) is 1. The minimum Gasteiger partial charge on any atom is -0.476 e. The molecule has 0 aliphatic carbocycles. The Morgan fingerprint density at radius 2 is 1.94 bits per heavy atom. The topological polar surface area (TPSA) is 140 Å². The van der Waals surface area contributed by atoms with Crippen molar-refractivity contribution in [1.29, 1.82) is 0 Å². The summed E-state index contributed by atoms with van der Waals surface area (Å²) in [6, 6.07) is 3.91. The lowest BCUT2D eigenvalue weighted by Gasteiger charge is -2.26. The van der Waals surface area contributed by atoms with Crippen LogP contribution in [-0.4, -0.2) is 69.7 Å². The van der Waals surface area contributed by atoms with E-state index in [4.69, 9.17) is 19.7 Å². The molecule has 0 saturated carbocycles. The number of anilines is 3. The lowest BCUT2D eigenvalue weighted by Crippen LogP contribution is -2.38. The molecule has 0 aromatic carbocycles. The van der Waals surface area contributed by atoms with Crippen molar-refractivity contribution in [2.45, 2.75) is 46.0 Å². The van der Waals surface area contributed by atoms with E-state index < -0.39 is 0 Å². The third kappa shape index (κ3) is 6.03. The number of aromatic amines is 1. The number of nitrogen functional groups attached to an aromatic ring is 1. The Bertz CT molecular complexity index is 1070. The molecule has 1 fully saturated rings. The average Bonchev–Trinajstić information content (AvgIpc) is 3.47. The number of nitrogens with one attached hydrogen (secondary N) is 2. The van der Waals surface area contributed by atoms with Crippen LogP contribution in [0.1, 0.15) is 62.2 Å². The van der Waals surface area contributed by atoms with Crippen LogP contribution in [0.4, 0.5) is 17.6 Å².